The fourth-order valence-electron chi connectivity index (χ4n) is 3.86. The van der Waals surface area contributed by atoms with Crippen molar-refractivity contribution in [3.8, 4) is 17.4 Å². The summed E-state index contributed by atoms with van der Waals surface area (Å²) >= 11 is 5.86. The second-order valence-electron chi connectivity index (χ2n) is 8.08. The Morgan fingerprint density at radius 3 is 2.22 bits per heavy atom. The van der Waals surface area contributed by atoms with Gasteiger partial charge in [-0.1, -0.05) is 23.8 Å². The molecule has 0 saturated heterocycles. The van der Waals surface area contributed by atoms with E-state index in [1.165, 1.54) is 51.5 Å². The number of ether oxygens (including phenoxy) is 3. The van der Waals surface area contributed by atoms with Crippen LogP contribution in [-0.2, 0) is 14.8 Å². The third kappa shape index (κ3) is 4.83. The van der Waals surface area contributed by atoms with E-state index in [-0.39, 0.29) is 35.1 Å². The number of halogens is 1. The molecule has 1 aliphatic carbocycles. The largest absolute Gasteiger partial charge is 0.479 e. The number of allylic oxidation sites excluding steroid dienone is 1. The molecule has 13 nitrogen and oxygen atoms in total. The lowest BCUT2D eigenvalue weighted by Gasteiger charge is -2.28. The first-order chi connectivity index (χ1) is 17.2. The van der Waals surface area contributed by atoms with Gasteiger partial charge in [0.05, 0.1) is 19.2 Å². The summed E-state index contributed by atoms with van der Waals surface area (Å²) in [6.45, 7) is 5.45. The molecule has 1 aliphatic rings. The standard InChI is InChI=1S/C21H25ClN8O5S/c1-11-6-13(7-11)18-27-28-21(30(18)15-19(34-4)25-10-26-20(15)35-5)29-36(31,32)12(2)16(33-3)17-23-8-14(22)9-24-17/h8-10,12-13,16H,1,6-7H2,2-5H3,(H,28,29)/t12-,16-/m0/s1. The highest BCUT2D eigenvalue weighted by Gasteiger charge is 2.37. The normalized spacial score (nSPS) is 15.8. The van der Waals surface area contributed by atoms with Crippen LogP contribution in [0, 0.1) is 0 Å². The Kier molecular flexibility index (Phi) is 7.38. The molecule has 3 aromatic rings. The van der Waals surface area contributed by atoms with Gasteiger partial charge in [0.25, 0.3) is 0 Å². The highest BCUT2D eigenvalue weighted by molar-refractivity contribution is 7.93. The average molecular weight is 537 g/mol. The first kappa shape index (κ1) is 25.7. The minimum absolute atomic E-state index is 0.0375. The highest BCUT2D eigenvalue weighted by atomic mass is 35.5. The first-order valence-corrected chi connectivity index (χ1v) is 12.7. The van der Waals surface area contributed by atoms with Crippen molar-refractivity contribution in [2.45, 2.75) is 37.0 Å². The predicted octanol–water partition coefficient (Wildman–Crippen LogP) is 2.47. The summed E-state index contributed by atoms with van der Waals surface area (Å²) in [5.41, 5.74) is 1.31. The highest BCUT2D eigenvalue weighted by Crippen LogP contribution is 2.43. The molecule has 0 amide bonds. The molecule has 15 heteroatoms. The van der Waals surface area contributed by atoms with Gasteiger partial charge >= 0.3 is 0 Å². The molecule has 192 valence electrons. The monoisotopic (exact) mass is 536 g/mol. The zero-order chi connectivity index (χ0) is 26.0. The number of aromatic nitrogens is 7. The Balaban J connectivity index is 1.77. The minimum Gasteiger partial charge on any atom is -0.479 e. The number of hydrogen-bond donors (Lipinski definition) is 1. The molecule has 0 radical (unpaired) electrons. The number of nitrogens with zero attached hydrogens (tertiary/aromatic N) is 7. The molecule has 3 heterocycles. The number of hydrogen-bond acceptors (Lipinski definition) is 11. The zero-order valence-electron chi connectivity index (χ0n) is 20.0. The van der Waals surface area contributed by atoms with Gasteiger partial charge in [-0.2, -0.15) is 9.97 Å². The Bertz CT molecular complexity index is 1330. The quantitative estimate of drug-likeness (QED) is 0.379. The molecule has 0 bridgehead atoms. The molecule has 1 N–H and O–H groups in total. The lowest BCUT2D eigenvalue weighted by molar-refractivity contribution is 0.0950. The Hall–Kier alpha value is -3.36. The summed E-state index contributed by atoms with van der Waals surface area (Å²) in [6.07, 6.45) is 4.38. The van der Waals surface area contributed by atoms with Gasteiger partial charge in [0, 0.05) is 25.4 Å². The van der Waals surface area contributed by atoms with E-state index in [2.05, 4.69) is 41.4 Å². The molecule has 0 aliphatic heterocycles. The fraction of sp³-hybridized carbons (Fsp3) is 0.429. The summed E-state index contributed by atoms with van der Waals surface area (Å²) < 4.78 is 47.3. The third-order valence-corrected chi connectivity index (χ3v) is 7.68. The maximum absolute atomic E-state index is 13.5. The molecule has 0 spiro atoms. The van der Waals surface area contributed by atoms with E-state index in [0.717, 1.165) is 5.57 Å². The molecule has 3 aromatic heterocycles. The molecular weight excluding hydrogens is 512 g/mol. The van der Waals surface area contributed by atoms with Crippen molar-refractivity contribution in [2.24, 2.45) is 0 Å². The molecule has 2 atom stereocenters. The molecule has 1 saturated carbocycles. The summed E-state index contributed by atoms with van der Waals surface area (Å²) in [5.74, 6) is 0.827. The van der Waals surface area contributed by atoms with E-state index in [0.29, 0.717) is 23.7 Å². The van der Waals surface area contributed by atoms with Gasteiger partial charge in [0.15, 0.2) is 11.5 Å². The number of nitrogens with one attached hydrogen (secondary N) is 1. The van der Waals surface area contributed by atoms with E-state index < -0.39 is 21.4 Å². The van der Waals surface area contributed by atoms with Crippen molar-refractivity contribution < 1.29 is 22.6 Å². The number of methoxy groups -OCH3 is 3. The van der Waals surface area contributed by atoms with Crippen LogP contribution in [0.3, 0.4) is 0 Å². The maximum Gasteiger partial charge on any atom is 0.245 e. The smallest absolute Gasteiger partial charge is 0.245 e. The summed E-state index contributed by atoms with van der Waals surface area (Å²) in [6, 6.07) is 0. The Morgan fingerprint density at radius 2 is 1.69 bits per heavy atom. The third-order valence-electron chi connectivity index (χ3n) is 5.79. The van der Waals surface area contributed by atoms with E-state index in [4.69, 9.17) is 25.8 Å². The van der Waals surface area contributed by atoms with Gasteiger partial charge in [-0.25, -0.2) is 18.4 Å². The lowest BCUT2D eigenvalue weighted by atomic mass is 9.80. The van der Waals surface area contributed by atoms with Crippen molar-refractivity contribution in [1.82, 2.24) is 34.7 Å². The van der Waals surface area contributed by atoms with Crippen molar-refractivity contribution in [3.63, 3.8) is 0 Å². The van der Waals surface area contributed by atoms with Gasteiger partial charge in [0.2, 0.25) is 27.7 Å². The van der Waals surface area contributed by atoms with Crippen LogP contribution in [0.25, 0.3) is 5.69 Å². The van der Waals surface area contributed by atoms with E-state index in [1.807, 2.05) is 0 Å². The van der Waals surface area contributed by atoms with Crippen molar-refractivity contribution in [3.05, 3.63) is 47.5 Å². The van der Waals surface area contributed by atoms with Crippen LogP contribution in [0.15, 0.2) is 30.9 Å². The molecule has 1 fully saturated rings. The Morgan fingerprint density at radius 1 is 1.08 bits per heavy atom. The average Bonchev–Trinajstić information content (AvgIpc) is 3.24. The van der Waals surface area contributed by atoms with Crippen LogP contribution in [0.4, 0.5) is 5.95 Å². The van der Waals surface area contributed by atoms with Crippen LogP contribution < -0.4 is 14.2 Å². The molecule has 0 aromatic carbocycles. The fourth-order valence-corrected chi connectivity index (χ4v) is 5.09. The maximum atomic E-state index is 13.5. The van der Waals surface area contributed by atoms with Gasteiger partial charge in [-0.15, -0.1) is 10.2 Å². The van der Waals surface area contributed by atoms with E-state index >= 15 is 0 Å². The molecular formula is C21H25ClN8O5S. The van der Waals surface area contributed by atoms with E-state index in [1.54, 1.807) is 0 Å². The first-order valence-electron chi connectivity index (χ1n) is 10.8. The van der Waals surface area contributed by atoms with Gasteiger partial charge < -0.3 is 14.2 Å². The molecule has 36 heavy (non-hydrogen) atoms. The summed E-state index contributed by atoms with van der Waals surface area (Å²) in [5, 5.41) is 7.62. The summed E-state index contributed by atoms with van der Waals surface area (Å²) in [7, 11) is 0.120. The molecule has 4 rings (SSSR count). The van der Waals surface area contributed by atoms with Crippen LogP contribution in [0.1, 0.15) is 43.4 Å². The van der Waals surface area contributed by atoms with Gasteiger partial charge in [0.1, 0.15) is 23.5 Å². The number of anilines is 1. The topological polar surface area (TPSA) is 156 Å². The van der Waals surface area contributed by atoms with Crippen molar-refractivity contribution in [1.29, 1.82) is 0 Å². The van der Waals surface area contributed by atoms with Crippen molar-refractivity contribution in [2.75, 3.05) is 26.1 Å². The second-order valence-corrected chi connectivity index (χ2v) is 10.6. The molecule has 0 unspecified atom stereocenters. The SMILES string of the molecule is C=C1CC(c2nnc(NS(=O)(=O)[C@@H](C)[C@H](OC)c3ncc(Cl)cn3)n2-c2c(OC)ncnc2OC)C1. The van der Waals surface area contributed by atoms with Gasteiger partial charge in [-0.3, -0.25) is 9.29 Å². The van der Waals surface area contributed by atoms with Crippen LogP contribution in [0.2, 0.25) is 5.02 Å². The second kappa shape index (κ2) is 10.3. The Labute approximate surface area is 213 Å². The minimum atomic E-state index is -4.12. The van der Waals surface area contributed by atoms with E-state index in [9.17, 15) is 8.42 Å². The van der Waals surface area contributed by atoms with Crippen LogP contribution >= 0.6 is 11.6 Å². The van der Waals surface area contributed by atoms with Gasteiger partial charge in [-0.05, 0) is 19.8 Å². The number of sulfonamides is 1. The van der Waals surface area contributed by atoms with Crippen LogP contribution in [-0.4, -0.2) is 69.7 Å². The summed E-state index contributed by atoms with van der Waals surface area (Å²) in [4.78, 5) is 16.5. The number of rotatable bonds is 10. The predicted molar refractivity (Wildman–Crippen MR) is 130 cm³/mol. The van der Waals surface area contributed by atoms with Crippen LogP contribution in [0.5, 0.6) is 11.8 Å². The zero-order valence-corrected chi connectivity index (χ0v) is 21.6. The van der Waals surface area contributed by atoms with Crippen molar-refractivity contribution >= 4 is 27.6 Å². The lowest BCUT2D eigenvalue weighted by Crippen LogP contribution is -2.33.